The summed E-state index contributed by atoms with van der Waals surface area (Å²) in [5.74, 6) is -7.82. The molecule has 11 heteroatoms. The molecular weight excluding hydrogens is 412 g/mol. The van der Waals surface area contributed by atoms with E-state index in [0.29, 0.717) is 21.7 Å². The molecule has 2 atom stereocenters. The van der Waals surface area contributed by atoms with Gasteiger partial charge in [-0.05, 0) is 6.42 Å². The number of carbonyl (C=O) groups excluding carboxylic acids is 1. The second-order valence-electron chi connectivity index (χ2n) is 7.78. The van der Waals surface area contributed by atoms with Crippen LogP contribution in [0.2, 0.25) is 0 Å². The van der Waals surface area contributed by atoms with Gasteiger partial charge in [0.1, 0.15) is 11.5 Å². The Morgan fingerprint density at radius 2 is 2.10 bits per heavy atom. The summed E-state index contributed by atoms with van der Waals surface area (Å²) in [4.78, 5) is 15.2. The summed E-state index contributed by atoms with van der Waals surface area (Å²) in [6.07, 6.45) is 2.66. The smallest absolute Gasteiger partial charge is 0.275 e. The zero-order chi connectivity index (χ0) is 20.4. The molecule has 3 aliphatic rings. The highest BCUT2D eigenvalue weighted by Gasteiger charge is 2.51. The molecule has 0 aromatic carbocycles. The zero-order valence-corrected chi connectivity index (χ0v) is 16.0. The molecule has 1 fully saturated rings. The third kappa shape index (κ3) is 3.10. The van der Waals surface area contributed by atoms with Crippen LogP contribution >= 0.6 is 11.3 Å². The van der Waals surface area contributed by atoms with Crippen molar-refractivity contribution in [3.8, 4) is 10.4 Å². The molecule has 0 saturated carbocycles. The van der Waals surface area contributed by atoms with E-state index in [9.17, 15) is 22.4 Å². The number of aromatic amines is 1. The van der Waals surface area contributed by atoms with Crippen LogP contribution in [0.3, 0.4) is 0 Å². The average molecular weight is 430 g/mol. The fourth-order valence-electron chi connectivity index (χ4n) is 4.52. The number of rotatable bonds is 2. The Morgan fingerprint density at radius 3 is 2.83 bits per heavy atom. The van der Waals surface area contributed by atoms with Crippen molar-refractivity contribution >= 4 is 22.9 Å². The number of nitrogens with one attached hydrogen (secondary N) is 2. The van der Waals surface area contributed by atoms with Gasteiger partial charge in [-0.25, -0.2) is 17.6 Å². The normalized spacial score (nSPS) is 27.9. The third-order valence-corrected chi connectivity index (χ3v) is 7.02. The van der Waals surface area contributed by atoms with Crippen molar-refractivity contribution in [2.24, 2.45) is 5.92 Å². The SMILES string of the molecule is O=C1N[C@@H]([C@@H]2CCOCC2(F)F)CN2CC(F)(F)Cc3c(-c4cn[nH]c4)sc1c32. The second kappa shape index (κ2) is 6.43. The van der Waals surface area contributed by atoms with Crippen LogP contribution < -0.4 is 10.2 Å². The van der Waals surface area contributed by atoms with E-state index in [1.807, 2.05) is 0 Å². The van der Waals surface area contributed by atoms with Crippen molar-refractivity contribution in [2.75, 3.05) is 31.2 Å². The van der Waals surface area contributed by atoms with Gasteiger partial charge in [0.05, 0.1) is 24.5 Å². The number of alkyl halides is 4. The minimum Gasteiger partial charge on any atom is -0.375 e. The predicted molar refractivity (Wildman–Crippen MR) is 97.9 cm³/mol. The first-order valence-electron chi connectivity index (χ1n) is 9.29. The molecule has 1 amide bonds. The molecular formula is C18H18F4N4O2S. The summed E-state index contributed by atoms with van der Waals surface area (Å²) >= 11 is 1.10. The first kappa shape index (κ1) is 18.9. The Labute approximate surface area is 167 Å². The molecule has 2 aromatic heterocycles. The quantitative estimate of drug-likeness (QED) is 0.719. The van der Waals surface area contributed by atoms with E-state index in [2.05, 4.69) is 15.5 Å². The summed E-state index contributed by atoms with van der Waals surface area (Å²) in [6.45, 7) is -1.27. The molecule has 0 aliphatic carbocycles. The molecule has 6 nitrogen and oxygen atoms in total. The Bertz CT molecular complexity index is 946. The monoisotopic (exact) mass is 430 g/mol. The molecule has 3 aliphatic heterocycles. The fraction of sp³-hybridized carbons (Fsp3) is 0.556. The standard InChI is InChI=1S/C18H18F4N4O2S/c19-17(20)3-10-13-15(29-14(10)9-4-23-24-5-9)16(27)25-12(6-26(13)7-17)11-1-2-28-8-18(11,21)22/h4-5,11-12H,1-3,6-8H2,(H,23,24)(H,25,27)/t11-,12+/m0/s1. The van der Waals surface area contributed by atoms with Crippen LogP contribution in [0, 0.1) is 5.92 Å². The topological polar surface area (TPSA) is 70.2 Å². The van der Waals surface area contributed by atoms with Crippen LogP contribution in [0.4, 0.5) is 23.2 Å². The zero-order valence-electron chi connectivity index (χ0n) is 15.2. The Balaban J connectivity index is 1.58. The highest BCUT2D eigenvalue weighted by Crippen LogP contribution is 2.49. The molecule has 1 saturated heterocycles. The number of hydrogen-bond acceptors (Lipinski definition) is 5. The van der Waals surface area contributed by atoms with Crippen LogP contribution in [0.5, 0.6) is 0 Å². The number of H-pyrrole nitrogens is 1. The highest BCUT2D eigenvalue weighted by atomic mass is 32.1. The summed E-state index contributed by atoms with van der Waals surface area (Å²) in [6, 6.07) is -0.944. The van der Waals surface area contributed by atoms with Gasteiger partial charge >= 0.3 is 0 Å². The van der Waals surface area contributed by atoms with E-state index >= 15 is 0 Å². The minimum atomic E-state index is -3.13. The largest absolute Gasteiger partial charge is 0.375 e. The summed E-state index contributed by atoms with van der Waals surface area (Å²) < 4.78 is 63.0. The molecule has 0 spiro atoms. The molecule has 29 heavy (non-hydrogen) atoms. The molecule has 156 valence electrons. The molecule has 2 aromatic rings. The lowest BCUT2D eigenvalue weighted by molar-refractivity contribution is -0.161. The summed E-state index contributed by atoms with van der Waals surface area (Å²) in [7, 11) is 0. The van der Waals surface area contributed by atoms with Gasteiger partial charge in [0.25, 0.3) is 17.8 Å². The number of amides is 1. The number of anilines is 1. The number of carbonyl (C=O) groups is 1. The summed E-state index contributed by atoms with van der Waals surface area (Å²) in [5.41, 5.74) is 1.43. The maximum atomic E-state index is 14.6. The van der Waals surface area contributed by atoms with E-state index in [0.717, 1.165) is 11.3 Å². The number of halogens is 4. The van der Waals surface area contributed by atoms with Gasteiger partial charge in [-0.2, -0.15) is 5.10 Å². The Hall–Kier alpha value is -2.14. The van der Waals surface area contributed by atoms with E-state index in [1.54, 1.807) is 6.20 Å². The van der Waals surface area contributed by atoms with Crippen molar-refractivity contribution < 1.29 is 27.1 Å². The van der Waals surface area contributed by atoms with E-state index in [4.69, 9.17) is 4.74 Å². The van der Waals surface area contributed by atoms with E-state index in [-0.39, 0.29) is 24.4 Å². The average Bonchev–Trinajstić information content (AvgIpc) is 3.24. The van der Waals surface area contributed by atoms with Crippen molar-refractivity contribution in [3.05, 3.63) is 22.8 Å². The predicted octanol–water partition coefficient (Wildman–Crippen LogP) is 2.92. The molecule has 0 unspecified atom stereocenters. The molecule has 5 heterocycles. The van der Waals surface area contributed by atoms with Crippen LogP contribution in [0.1, 0.15) is 21.7 Å². The molecule has 0 bridgehead atoms. The number of thiophene rings is 1. The maximum Gasteiger partial charge on any atom is 0.275 e. The van der Waals surface area contributed by atoms with Gasteiger partial charge in [-0.1, -0.05) is 0 Å². The lowest BCUT2D eigenvalue weighted by atomic mass is 9.87. The molecule has 5 rings (SSSR count). The van der Waals surface area contributed by atoms with Gasteiger partial charge in [0.15, 0.2) is 0 Å². The van der Waals surface area contributed by atoms with Crippen molar-refractivity contribution in [3.63, 3.8) is 0 Å². The van der Waals surface area contributed by atoms with Gasteiger partial charge in [-0.15, -0.1) is 11.3 Å². The molecule has 2 N–H and O–H groups in total. The number of hydrogen-bond donors (Lipinski definition) is 2. The lowest BCUT2D eigenvalue weighted by Gasteiger charge is -2.40. The fourth-order valence-corrected chi connectivity index (χ4v) is 5.75. The van der Waals surface area contributed by atoms with Crippen LogP contribution in [-0.4, -0.2) is 60.3 Å². The Kier molecular flexibility index (Phi) is 4.18. The molecule has 0 radical (unpaired) electrons. The third-order valence-electron chi connectivity index (χ3n) is 5.75. The number of ether oxygens (including phenoxy) is 1. The Morgan fingerprint density at radius 1 is 1.28 bits per heavy atom. The second-order valence-corrected chi connectivity index (χ2v) is 8.80. The minimum absolute atomic E-state index is 0.0585. The summed E-state index contributed by atoms with van der Waals surface area (Å²) in [5, 5.41) is 9.21. The number of aromatic nitrogens is 2. The first-order chi connectivity index (χ1) is 13.8. The van der Waals surface area contributed by atoms with E-state index in [1.165, 1.54) is 11.1 Å². The van der Waals surface area contributed by atoms with Gasteiger partial charge in [-0.3, -0.25) is 9.89 Å². The number of nitrogens with zero attached hydrogens (tertiary/aromatic N) is 2. The van der Waals surface area contributed by atoms with Crippen molar-refractivity contribution in [1.82, 2.24) is 15.5 Å². The van der Waals surface area contributed by atoms with Crippen LogP contribution in [-0.2, 0) is 11.2 Å². The van der Waals surface area contributed by atoms with Gasteiger partial charge in [0.2, 0.25) is 0 Å². The van der Waals surface area contributed by atoms with Gasteiger partial charge < -0.3 is 15.0 Å². The van der Waals surface area contributed by atoms with Crippen molar-refractivity contribution in [1.29, 1.82) is 0 Å². The first-order valence-corrected chi connectivity index (χ1v) is 10.1. The maximum absolute atomic E-state index is 14.6. The van der Waals surface area contributed by atoms with Crippen molar-refractivity contribution in [2.45, 2.75) is 30.7 Å². The van der Waals surface area contributed by atoms with Gasteiger partial charge in [0, 0.05) is 47.7 Å². The van der Waals surface area contributed by atoms with Crippen LogP contribution in [0.15, 0.2) is 12.4 Å². The lowest BCUT2D eigenvalue weighted by Crippen LogP contribution is -2.56. The van der Waals surface area contributed by atoms with Crippen LogP contribution in [0.25, 0.3) is 10.4 Å². The highest BCUT2D eigenvalue weighted by molar-refractivity contribution is 7.18. The van der Waals surface area contributed by atoms with E-state index < -0.39 is 49.3 Å².